The molecule has 3 heteroatoms. The molecule has 0 bridgehead atoms. The van der Waals surface area contributed by atoms with Gasteiger partial charge in [0.1, 0.15) is 5.82 Å². The molecule has 114 valence electrons. The molecule has 1 aromatic carbocycles. The van der Waals surface area contributed by atoms with Gasteiger partial charge in [0.15, 0.2) is 0 Å². The van der Waals surface area contributed by atoms with Crippen LogP contribution in [0.3, 0.4) is 0 Å². The van der Waals surface area contributed by atoms with Gasteiger partial charge in [0.2, 0.25) is 0 Å². The SMILES string of the molecule is C/C(=C\C=Nc1ccc(F)cc1)C1CCC(C(C)N)CC1. The highest BCUT2D eigenvalue weighted by atomic mass is 19.1. The first-order chi connectivity index (χ1) is 10.1. The second-order valence-electron chi connectivity index (χ2n) is 6.14. The summed E-state index contributed by atoms with van der Waals surface area (Å²) in [5.74, 6) is 1.10. The van der Waals surface area contributed by atoms with Crippen LogP contribution < -0.4 is 5.73 Å². The molecule has 1 fully saturated rings. The lowest BCUT2D eigenvalue weighted by molar-refractivity contribution is 0.271. The summed E-state index contributed by atoms with van der Waals surface area (Å²) < 4.78 is 12.8. The monoisotopic (exact) mass is 288 g/mol. The van der Waals surface area contributed by atoms with Gasteiger partial charge in [-0.2, -0.15) is 0 Å². The van der Waals surface area contributed by atoms with E-state index in [0.717, 1.165) is 5.69 Å². The van der Waals surface area contributed by atoms with E-state index in [9.17, 15) is 4.39 Å². The normalized spacial score (nSPS) is 25.2. The summed E-state index contributed by atoms with van der Waals surface area (Å²) in [5.41, 5.74) is 8.14. The Morgan fingerprint density at radius 2 is 1.86 bits per heavy atom. The summed E-state index contributed by atoms with van der Waals surface area (Å²) >= 11 is 0. The van der Waals surface area contributed by atoms with E-state index in [4.69, 9.17) is 5.73 Å². The highest BCUT2D eigenvalue weighted by Crippen LogP contribution is 2.34. The maximum absolute atomic E-state index is 12.8. The second-order valence-corrected chi connectivity index (χ2v) is 6.14. The summed E-state index contributed by atoms with van der Waals surface area (Å²) in [6.07, 6.45) is 8.80. The fraction of sp³-hybridized carbons (Fsp3) is 0.500. The van der Waals surface area contributed by atoms with Gasteiger partial charge in [0.25, 0.3) is 0 Å². The predicted molar refractivity (Wildman–Crippen MR) is 87.4 cm³/mol. The predicted octanol–water partition coefficient (Wildman–Crippen LogP) is 4.63. The van der Waals surface area contributed by atoms with Crippen molar-refractivity contribution in [2.75, 3.05) is 0 Å². The van der Waals surface area contributed by atoms with E-state index in [0.29, 0.717) is 17.9 Å². The quantitative estimate of drug-likeness (QED) is 0.806. The molecule has 2 nitrogen and oxygen atoms in total. The first-order valence-electron chi connectivity index (χ1n) is 7.78. The first kappa shape index (κ1) is 15.9. The highest BCUT2D eigenvalue weighted by molar-refractivity contribution is 5.75. The van der Waals surface area contributed by atoms with Crippen LogP contribution in [0.15, 0.2) is 40.9 Å². The van der Waals surface area contributed by atoms with E-state index in [1.807, 2.05) is 6.21 Å². The third-order valence-corrected chi connectivity index (χ3v) is 4.55. The minimum Gasteiger partial charge on any atom is -0.328 e. The molecule has 0 aliphatic heterocycles. The minimum atomic E-state index is -0.230. The fourth-order valence-corrected chi connectivity index (χ4v) is 3.00. The molecule has 1 unspecified atom stereocenters. The number of aliphatic imine (C=N–C) groups is 1. The van der Waals surface area contributed by atoms with Crippen LogP contribution in [-0.2, 0) is 0 Å². The van der Waals surface area contributed by atoms with E-state index >= 15 is 0 Å². The van der Waals surface area contributed by atoms with Crippen molar-refractivity contribution < 1.29 is 4.39 Å². The Morgan fingerprint density at radius 3 is 2.43 bits per heavy atom. The Balaban J connectivity index is 1.88. The molecule has 0 heterocycles. The number of hydrogen-bond donors (Lipinski definition) is 1. The van der Waals surface area contributed by atoms with Crippen molar-refractivity contribution in [3.63, 3.8) is 0 Å². The van der Waals surface area contributed by atoms with Gasteiger partial charge in [-0.05, 0) is 81.7 Å². The molecule has 0 aromatic heterocycles. The molecule has 0 saturated heterocycles. The van der Waals surface area contributed by atoms with Crippen LogP contribution in [-0.4, -0.2) is 12.3 Å². The Hall–Kier alpha value is -1.48. The molecular formula is C18H25FN2. The van der Waals surface area contributed by atoms with Crippen LogP contribution in [0.2, 0.25) is 0 Å². The van der Waals surface area contributed by atoms with Crippen molar-refractivity contribution in [1.29, 1.82) is 0 Å². The highest BCUT2D eigenvalue weighted by Gasteiger charge is 2.23. The number of benzene rings is 1. The van der Waals surface area contributed by atoms with Gasteiger partial charge in [-0.3, -0.25) is 4.99 Å². The average Bonchev–Trinajstić information content (AvgIpc) is 2.49. The summed E-state index contributed by atoms with van der Waals surface area (Å²) in [4.78, 5) is 4.34. The van der Waals surface area contributed by atoms with E-state index < -0.39 is 0 Å². The lowest BCUT2D eigenvalue weighted by Gasteiger charge is -2.31. The Kier molecular flexibility index (Phi) is 5.68. The lowest BCUT2D eigenvalue weighted by atomic mass is 9.76. The van der Waals surface area contributed by atoms with Gasteiger partial charge in [-0.1, -0.05) is 5.57 Å². The maximum atomic E-state index is 12.8. The zero-order chi connectivity index (χ0) is 15.2. The number of halogens is 1. The summed E-state index contributed by atoms with van der Waals surface area (Å²) in [6, 6.07) is 6.54. The summed E-state index contributed by atoms with van der Waals surface area (Å²) in [6.45, 7) is 4.29. The molecular weight excluding hydrogens is 263 g/mol. The van der Waals surface area contributed by atoms with Gasteiger partial charge < -0.3 is 5.73 Å². The number of rotatable bonds is 4. The number of hydrogen-bond acceptors (Lipinski definition) is 2. The first-order valence-corrected chi connectivity index (χ1v) is 7.78. The largest absolute Gasteiger partial charge is 0.328 e. The van der Waals surface area contributed by atoms with Crippen LogP contribution in [0.5, 0.6) is 0 Å². The van der Waals surface area contributed by atoms with Gasteiger partial charge in [-0.25, -0.2) is 4.39 Å². The Morgan fingerprint density at radius 1 is 1.24 bits per heavy atom. The molecule has 1 saturated carbocycles. The molecule has 1 aliphatic carbocycles. The zero-order valence-corrected chi connectivity index (χ0v) is 12.9. The lowest BCUT2D eigenvalue weighted by Crippen LogP contribution is -2.30. The molecule has 0 spiro atoms. The van der Waals surface area contributed by atoms with Crippen molar-refractivity contribution in [2.24, 2.45) is 22.6 Å². The van der Waals surface area contributed by atoms with E-state index in [1.54, 1.807) is 12.1 Å². The average molecular weight is 288 g/mol. The molecule has 2 rings (SSSR count). The van der Waals surface area contributed by atoms with Crippen molar-refractivity contribution in [2.45, 2.75) is 45.6 Å². The van der Waals surface area contributed by atoms with Gasteiger partial charge in [-0.15, -0.1) is 0 Å². The third-order valence-electron chi connectivity index (χ3n) is 4.55. The van der Waals surface area contributed by atoms with E-state index in [-0.39, 0.29) is 5.82 Å². The van der Waals surface area contributed by atoms with Crippen LogP contribution in [0, 0.1) is 17.7 Å². The van der Waals surface area contributed by atoms with E-state index in [2.05, 4.69) is 24.9 Å². The minimum absolute atomic E-state index is 0.230. The third kappa shape index (κ3) is 4.78. The van der Waals surface area contributed by atoms with Crippen LogP contribution in [0.1, 0.15) is 39.5 Å². The van der Waals surface area contributed by atoms with Crippen molar-refractivity contribution >= 4 is 11.9 Å². The molecule has 1 atom stereocenters. The molecule has 0 radical (unpaired) electrons. The second kappa shape index (κ2) is 7.51. The van der Waals surface area contributed by atoms with E-state index in [1.165, 1.54) is 43.4 Å². The Bertz CT molecular complexity index is 494. The molecule has 1 aromatic rings. The topological polar surface area (TPSA) is 38.4 Å². The fourth-order valence-electron chi connectivity index (χ4n) is 3.00. The van der Waals surface area contributed by atoms with Crippen molar-refractivity contribution in [3.05, 3.63) is 41.7 Å². The number of allylic oxidation sites excluding steroid dienone is 2. The molecule has 21 heavy (non-hydrogen) atoms. The molecule has 1 aliphatic rings. The van der Waals surface area contributed by atoms with Gasteiger partial charge in [0.05, 0.1) is 5.69 Å². The van der Waals surface area contributed by atoms with Crippen LogP contribution in [0.4, 0.5) is 10.1 Å². The number of nitrogens with two attached hydrogens (primary N) is 1. The smallest absolute Gasteiger partial charge is 0.123 e. The maximum Gasteiger partial charge on any atom is 0.123 e. The van der Waals surface area contributed by atoms with Crippen LogP contribution in [0.25, 0.3) is 0 Å². The summed E-state index contributed by atoms with van der Waals surface area (Å²) in [5, 5.41) is 0. The molecule has 0 amide bonds. The van der Waals surface area contributed by atoms with Crippen molar-refractivity contribution in [3.8, 4) is 0 Å². The zero-order valence-electron chi connectivity index (χ0n) is 12.9. The number of nitrogens with zero attached hydrogens (tertiary/aromatic N) is 1. The standard InChI is InChI=1S/C18H25FN2/c1-13(15-3-5-16(6-4-15)14(2)20)11-12-21-18-9-7-17(19)8-10-18/h7-12,14-16H,3-6,20H2,1-2H3/b13-11+,21-12?. The van der Waals surface area contributed by atoms with Gasteiger partial charge in [0, 0.05) is 12.3 Å². The van der Waals surface area contributed by atoms with Crippen molar-refractivity contribution in [1.82, 2.24) is 0 Å². The Labute approximate surface area is 127 Å². The van der Waals surface area contributed by atoms with Gasteiger partial charge >= 0.3 is 0 Å². The summed E-state index contributed by atoms with van der Waals surface area (Å²) in [7, 11) is 0. The van der Waals surface area contributed by atoms with Crippen LogP contribution >= 0.6 is 0 Å². The molecule has 2 N–H and O–H groups in total.